The van der Waals surface area contributed by atoms with Crippen LogP contribution in [0, 0.1) is 17.7 Å². The molecule has 0 bridgehead atoms. The number of aromatic nitrogens is 1. The lowest BCUT2D eigenvalue weighted by molar-refractivity contribution is 0.136. The third-order valence-electron chi connectivity index (χ3n) is 3.82. The minimum absolute atomic E-state index is 0.0599. The standard InChI is InChI=1S/C13H19FN2O3S/c14-12-6-3-7-15-13(12)20(18,19)16-8-10-4-1-2-5-11(10)9-17/h3,6-7,10-11,16-17H,1-2,4-5,8-9H2. The molecule has 1 heterocycles. The number of nitrogens with zero attached hydrogens (tertiary/aromatic N) is 1. The molecular formula is C13H19FN2O3S. The van der Waals surface area contributed by atoms with Gasteiger partial charge in [0.25, 0.3) is 10.0 Å². The van der Waals surface area contributed by atoms with Crippen LogP contribution < -0.4 is 4.72 Å². The van der Waals surface area contributed by atoms with E-state index in [0.29, 0.717) is 0 Å². The molecule has 0 aromatic carbocycles. The summed E-state index contributed by atoms with van der Waals surface area (Å²) in [6.45, 7) is 0.272. The van der Waals surface area contributed by atoms with Crippen LogP contribution in [0.5, 0.6) is 0 Å². The zero-order valence-electron chi connectivity index (χ0n) is 11.1. The molecule has 1 saturated carbocycles. The normalized spacial score (nSPS) is 23.7. The van der Waals surface area contributed by atoms with E-state index in [4.69, 9.17) is 0 Å². The van der Waals surface area contributed by atoms with E-state index < -0.39 is 20.9 Å². The monoisotopic (exact) mass is 302 g/mol. The number of hydrogen-bond acceptors (Lipinski definition) is 4. The van der Waals surface area contributed by atoms with Gasteiger partial charge >= 0.3 is 0 Å². The number of pyridine rings is 1. The molecule has 2 N–H and O–H groups in total. The molecule has 0 aliphatic heterocycles. The van der Waals surface area contributed by atoms with E-state index in [1.165, 1.54) is 12.3 Å². The highest BCUT2D eigenvalue weighted by atomic mass is 32.2. The maximum absolute atomic E-state index is 13.5. The van der Waals surface area contributed by atoms with Gasteiger partial charge in [0, 0.05) is 19.3 Å². The Bertz CT molecular complexity index is 550. The fourth-order valence-corrected chi connectivity index (χ4v) is 3.74. The number of sulfonamides is 1. The largest absolute Gasteiger partial charge is 0.396 e. The van der Waals surface area contributed by atoms with Crippen LogP contribution in [-0.4, -0.2) is 31.7 Å². The molecule has 112 valence electrons. The topological polar surface area (TPSA) is 79.3 Å². The zero-order valence-corrected chi connectivity index (χ0v) is 11.9. The Kier molecular flexibility index (Phi) is 5.06. The molecule has 2 unspecified atom stereocenters. The summed E-state index contributed by atoms with van der Waals surface area (Å²) in [5.74, 6) is -0.655. The lowest BCUT2D eigenvalue weighted by Crippen LogP contribution is -2.36. The molecule has 2 rings (SSSR count). The lowest BCUT2D eigenvalue weighted by atomic mass is 9.80. The number of rotatable bonds is 5. The predicted octanol–water partition coefficient (Wildman–Crippen LogP) is 1.30. The van der Waals surface area contributed by atoms with Gasteiger partial charge < -0.3 is 5.11 Å². The maximum atomic E-state index is 13.5. The van der Waals surface area contributed by atoms with E-state index >= 15 is 0 Å². The molecule has 0 spiro atoms. The highest BCUT2D eigenvalue weighted by Gasteiger charge is 2.27. The molecule has 1 aromatic heterocycles. The van der Waals surface area contributed by atoms with Gasteiger partial charge in [0.15, 0.2) is 5.82 Å². The first-order valence-corrected chi connectivity index (χ1v) is 8.24. The van der Waals surface area contributed by atoms with Gasteiger partial charge in [-0.2, -0.15) is 0 Å². The molecule has 1 aliphatic carbocycles. The Morgan fingerprint density at radius 1 is 1.35 bits per heavy atom. The molecule has 1 fully saturated rings. The van der Waals surface area contributed by atoms with Crippen molar-refractivity contribution in [2.45, 2.75) is 30.7 Å². The summed E-state index contributed by atoms with van der Waals surface area (Å²) in [5, 5.41) is 8.73. The summed E-state index contributed by atoms with van der Waals surface area (Å²) < 4.78 is 39.9. The van der Waals surface area contributed by atoms with Crippen molar-refractivity contribution in [3.63, 3.8) is 0 Å². The summed E-state index contributed by atoms with van der Waals surface area (Å²) in [6.07, 6.45) is 5.11. The fraction of sp³-hybridized carbons (Fsp3) is 0.615. The summed E-state index contributed by atoms with van der Waals surface area (Å²) in [6, 6.07) is 2.41. The van der Waals surface area contributed by atoms with Crippen LogP contribution in [0.1, 0.15) is 25.7 Å². The van der Waals surface area contributed by atoms with Crippen LogP contribution in [0.2, 0.25) is 0 Å². The van der Waals surface area contributed by atoms with Crippen molar-refractivity contribution in [2.24, 2.45) is 11.8 Å². The van der Waals surface area contributed by atoms with E-state index in [1.54, 1.807) is 0 Å². The van der Waals surface area contributed by atoms with E-state index in [1.807, 2.05) is 0 Å². The first-order chi connectivity index (χ1) is 9.54. The van der Waals surface area contributed by atoms with Gasteiger partial charge in [-0.15, -0.1) is 0 Å². The van der Waals surface area contributed by atoms with Crippen LogP contribution in [-0.2, 0) is 10.0 Å². The number of aliphatic hydroxyl groups is 1. The summed E-state index contributed by atoms with van der Waals surface area (Å²) >= 11 is 0. The average molecular weight is 302 g/mol. The Morgan fingerprint density at radius 2 is 2.05 bits per heavy atom. The van der Waals surface area contributed by atoms with Gasteiger partial charge in [-0.1, -0.05) is 12.8 Å². The predicted molar refractivity (Wildman–Crippen MR) is 71.9 cm³/mol. The molecule has 7 heteroatoms. The smallest absolute Gasteiger partial charge is 0.261 e. The first kappa shape index (κ1) is 15.3. The summed E-state index contributed by atoms with van der Waals surface area (Å²) in [5.41, 5.74) is 0. The second-order valence-electron chi connectivity index (χ2n) is 5.13. The second kappa shape index (κ2) is 6.60. The van der Waals surface area contributed by atoms with Crippen molar-refractivity contribution in [3.8, 4) is 0 Å². The highest BCUT2D eigenvalue weighted by Crippen LogP contribution is 2.29. The molecule has 5 nitrogen and oxygen atoms in total. The highest BCUT2D eigenvalue weighted by molar-refractivity contribution is 7.89. The van der Waals surface area contributed by atoms with Crippen LogP contribution in [0.15, 0.2) is 23.4 Å². The molecule has 0 radical (unpaired) electrons. The number of hydrogen-bond donors (Lipinski definition) is 2. The molecule has 0 saturated heterocycles. The molecular weight excluding hydrogens is 283 g/mol. The van der Waals surface area contributed by atoms with E-state index in [2.05, 4.69) is 9.71 Å². The van der Waals surface area contributed by atoms with E-state index in [9.17, 15) is 17.9 Å². The van der Waals surface area contributed by atoms with Crippen LogP contribution in [0.25, 0.3) is 0 Å². The van der Waals surface area contributed by atoms with Crippen LogP contribution in [0.4, 0.5) is 4.39 Å². The Balaban J connectivity index is 2.04. The first-order valence-electron chi connectivity index (χ1n) is 6.75. The third kappa shape index (κ3) is 3.53. The Morgan fingerprint density at radius 3 is 2.70 bits per heavy atom. The van der Waals surface area contributed by atoms with Crippen molar-refractivity contribution < 1.29 is 17.9 Å². The molecule has 1 aromatic rings. The quantitative estimate of drug-likeness (QED) is 0.859. The minimum atomic E-state index is -3.94. The summed E-state index contributed by atoms with van der Waals surface area (Å²) in [4.78, 5) is 3.58. The molecule has 0 amide bonds. The minimum Gasteiger partial charge on any atom is -0.396 e. The average Bonchev–Trinajstić information content (AvgIpc) is 2.46. The van der Waals surface area contributed by atoms with Gasteiger partial charge in [0.05, 0.1) is 0 Å². The zero-order chi connectivity index (χ0) is 14.6. The number of nitrogens with one attached hydrogen (secondary N) is 1. The van der Waals surface area contributed by atoms with Crippen LogP contribution in [0.3, 0.4) is 0 Å². The maximum Gasteiger partial charge on any atom is 0.261 e. The fourth-order valence-electron chi connectivity index (χ4n) is 2.65. The molecule has 1 aliphatic rings. The molecule has 20 heavy (non-hydrogen) atoms. The van der Waals surface area contributed by atoms with E-state index in [-0.39, 0.29) is 25.0 Å². The Hall–Kier alpha value is -1.05. The van der Waals surface area contributed by atoms with Crippen molar-refractivity contribution in [3.05, 3.63) is 24.1 Å². The van der Waals surface area contributed by atoms with Crippen molar-refractivity contribution >= 4 is 10.0 Å². The Labute approximate surface area is 118 Å². The molecule has 2 atom stereocenters. The van der Waals surface area contributed by atoms with E-state index in [0.717, 1.165) is 31.7 Å². The van der Waals surface area contributed by atoms with Gasteiger partial charge in [-0.05, 0) is 36.8 Å². The van der Waals surface area contributed by atoms with Gasteiger partial charge in [0.2, 0.25) is 5.03 Å². The summed E-state index contributed by atoms with van der Waals surface area (Å²) in [7, 11) is -3.94. The van der Waals surface area contributed by atoms with Crippen molar-refractivity contribution in [2.75, 3.05) is 13.2 Å². The van der Waals surface area contributed by atoms with Crippen molar-refractivity contribution in [1.82, 2.24) is 9.71 Å². The van der Waals surface area contributed by atoms with Gasteiger partial charge in [0.1, 0.15) is 0 Å². The lowest BCUT2D eigenvalue weighted by Gasteiger charge is -2.30. The number of halogens is 1. The SMILES string of the molecule is O=S(=O)(NCC1CCCCC1CO)c1ncccc1F. The van der Waals surface area contributed by atoms with Gasteiger partial charge in [-0.3, -0.25) is 0 Å². The number of aliphatic hydroxyl groups excluding tert-OH is 1. The third-order valence-corrected chi connectivity index (χ3v) is 5.17. The van der Waals surface area contributed by atoms with Gasteiger partial charge in [-0.25, -0.2) is 22.5 Å². The van der Waals surface area contributed by atoms with Crippen molar-refractivity contribution in [1.29, 1.82) is 0 Å². The second-order valence-corrected chi connectivity index (χ2v) is 6.81. The van der Waals surface area contributed by atoms with Crippen LogP contribution >= 0.6 is 0 Å².